The Morgan fingerprint density at radius 2 is 0.465 bits per heavy atom. The van der Waals surface area contributed by atoms with E-state index in [1.54, 1.807) is 49.3 Å². The van der Waals surface area contributed by atoms with Crippen molar-refractivity contribution in [2.45, 2.75) is 52.6 Å². The third-order valence-corrected chi connectivity index (χ3v) is 16.2. The Morgan fingerprint density at radius 1 is 0.244 bits per heavy atom. The molecule has 127 heavy (non-hydrogen) atoms. The zero-order chi connectivity index (χ0) is 88.2. The minimum Gasteiger partial charge on any atom is -0.366 e. The summed E-state index contributed by atoms with van der Waals surface area (Å²) in [6.07, 6.45) is 31.5. The Bertz CT molecular complexity index is 5230. The fourth-order valence-electron chi connectivity index (χ4n) is 10.2. The molecule has 0 aliphatic carbocycles. The van der Waals surface area contributed by atoms with Crippen molar-refractivity contribution in [3.63, 3.8) is 0 Å². The molecule has 0 spiro atoms. The van der Waals surface area contributed by atoms with Gasteiger partial charge in [0.25, 0.3) is 0 Å². The van der Waals surface area contributed by atoms with Crippen LogP contribution in [0, 0.1) is 93.1 Å². The summed E-state index contributed by atoms with van der Waals surface area (Å²) in [5.41, 5.74) is 14.9. The van der Waals surface area contributed by atoms with Gasteiger partial charge in [-0.2, -0.15) is 0 Å². The summed E-state index contributed by atoms with van der Waals surface area (Å²) in [7, 11) is 0. The first-order valence-electron chi connectivity index (χ1n) is 39.4. The van der Waals surface area contributed by atoms with Crippen LogP contribution in [0.15, 0.2) is 438 Å². The van der Waals surface area contributed by atoms with Crippen molar-refractivity contribution < 1.29 is 60.3 Å². The van der Waals surface area contributed by atoms with Crippen LogP contribution in [-0.2, 0) is 60.3 Å². The fourth-order valence-corrected chi connectivity index (χ4v) is 10.2. The van der Waals surface area contributed by atoms with Crippen LogP contribution in [-0.4, -0.2) is 41.0 Å². The van der Waals surface area contributed by atoms with E-state index in [4.69, 9.17) is 39.0 Å². The van der Waals surface area contributed by atoms with Crippen LogP contribution in [0.2, 0.25) is 0 Å². The second-order valence-electron chi connectivity index (χ2n) is 27.8. The molecular weight excluding hydrogens is 2080 g/mol. The van der Waals surface area contributed by atoms with E-state index in [1.807, 2.05) is 412 Å². The Kier molecular flexibility index (Phi) is 51.3. The molecular formula is C115H90Ir3N9-9. The standard InChI is InChI=1S/C16H9.6C11H8N.2C8H5.C7H5N.2C5H9N.3Ir/c1-2-12-11-13-7-3-4-9-15(13)16-10-6-5-8-14(12)16;6*1-2-6-10(7-3-1)11-8-4-5-9-12-11;2*1-2-8-6-4-3-5-7-8;1-8-7-5-3-2-4-6-7;2*1-5(2,3)6-4;;;/h3-11H;6*1-6,8-9H;2*3-7H;2-6H;2*1-3H3;;;/q9*-1;;;;;;. The molecule has 9 nitrogen and oxygen atoms in total. The molecule has 0 unspecified atom stereocenters. The smallest absolute Gasteiger partial charge is 0.224 e. The van der Waals surface area contributed by atoms with Crippen molar-refractivity contribution in [3.8, 4) is 85.3 Å². The second kappa shape index (κ2) is 62.3. The van der Waals surface area contributed by atoms with Crippen LogP contribution in [0.25, 0.3) is 104 Å². The van der Waals surface area contributed by atoms with Crippen molar-refractivity contribution in [3.05, 3.63) is 544 Å². The average Bonchev–Trinajstić information content (AvgIpc) is 0.777. The van der Waals surface area contributed by atoms with Gasteiger partial charge in [0.2, 0.25) is 11.1 Å². The van der Waals surface area contributed by atoms with E-state index in [0.717, 1.165) is 95.0 Å². The Hall–Kier alpha value is -14.8. The van der Waals surface area contributed by atoms with Gasteiger partial charge in [-0.05, 0) is 86.7 Å². The second-order valence-corrected chi connectivity index (χ2v) is 27.8. The number of hydrogen-bond acceptors (Lipinski definition) is 6. The summed E-state index contributed by atoms with van der Waals surface area (Å²) in [5, 5.41) is 4.68. The first-order valence-corrected chi connectivity index (χ1v) is 39.4. The Labute approximate surface area is 792 Å². The van der Waals surface area contributed by atoms with Crippen LogP contribution in [0.4, 0.5) is 5.69 Å². The van der Waals surface area contributed by atoms with Crippen LogP contribution in [0.1, 0.15) is 58.2 Å². The fraction of sp³-hybridized carbons (Fsp3) is 0.0696. The summed E-state index contributed by atoms with van der Waals surface area (Å²) in [4.78, 5) is 35.1. The number of hydrogen-bond donors (Lipinski definition) is 0. The summed E-state index contributed by atoms with van der Waals surface area (Å²) in [5.74, 6) is 7.07. The summed E-state index contributed by atoms with van der Waals surface area (Å²) >= 11 is 0. The van der Waals surface area contributed by atoms with Gasteiger partial charge in [0.05, 0.1) is 6.57 Å². The number of pyridine rings is 6. The predicted octanol–water partition coefficient (Wildman–Crippen LogP) is 28.1. The Morgan fingerprint density at radius 3 is 0.661 bits per heavy atom. The van der Waals surface area contributed by atoms with E-state index in [1.165, 1.54) is 10.8 Å². The zero-order valence-corrected chi connectivity index (χ0v) is 78.3. The van der Waals surface area contributed by atoms with Crippen molar-refractivity contribution >= 4 is 27.2 Å². The molecule has 12 heteroatoms. The van der Waals surface area contributed by atoms with Gasteiger partial charge in [-0.1, -0.05) is 193 Å². The normalized spacial score (nSPS) is 9.26. The summed E-state index contributed by atoms with van der Waals surface area (Å²) < 4.78 is 0. The predicted molar refractivity (Wildman–Crippen MR) is 510 cm³/mol. The van der Waals surface area contributed by atoms with Crippen molar-refractivity contribution in [1.29, 1.82) is 0 Å². The molecule has 0 amide bonds. The van der Waals surface area contributed by atoms with Crippen molar-refractivity contribution in [2.75, 3.05) is 0 Å². The summed E-state index contributed by atoms with van der Waals surface area (Å²) in [6.45, 7) is 30.9. The van der Waals surface area contributed by atoms with E-state index in [-0.39, 0.29) is 71.4 Å². The van der Waals surface area contributed by atoms with E-state index in [2.05, 4.69) is 117 Å². The molecule has 0 aliphatic rings. The van der Waals surface area contributed by atoms with Crippen LogP contribution in [0.3, 0.4) is 0 Å². The maximum atomic E-state index is 7.35. The maximum absolute atomic E-state index is 7.35. The van der Waals surface area contributed by atoms with E-state index in [9.17, 15) is 0 Å². The number of para-hydroxylation sites is 1. The largest absolute Gasteiger partial charge is 0.366 e. The van der Waals surface area contributed by atoms with E-state index < -0.39 is 0 Å². The molecule has 0 aliphatic heterocycles. The van der Waals surface area contributed by atoms with E-state index >= 15 is 0 Å². The third-order valence-electron chi connectivity index (χ3n) is 16.2. The number of benzene rings is 12. The maximum Gasteiger partial charge on any atom is 0.224 e. The van der Waals surface area contributed by atoms with Crippen molar-refractivity contribution in [1.82, 2.24) is 29.9 Å². The number of aromatic nitrogens is 6. The molecule has 18 aromatic rings. The van der Waals surface area contributed by atoms with Gasteiger partial charge < -0.3 is 58.9 Å². The van der Waals surface area contributed by atoms with Gasteiger partial charge >= 0.3 is 0 Å². The molecule has 0 saturated carbocycles. The van der Waals surface area contributed by atoms with E-state index in [0.29, 0.717) is 5.69 Å². The zero-order valence-electron chi connectivity index (χ0n) is 71.1. The summed E-state index contributed by atoms with van der Waals surface area (Å²) in [6, 6.07) is 147. The Balaban J connectivity index is 0.000000292. The first-order chi connectivity index (χ1) is 60.6. The molecule has 18 rings (SSSR count). The molecule has 0 N–H and O–H groups in total. The van der Waals surface area contributed by atoms with Gasteiger partial charge in [-0.15, -0.1) is 262 Å². The van der Waals surface area contributed by atoms with Gasteiger partial charge in [0.1, 0.15) is 0 Å². The molecule has 12 aromatic carbocycles. The van der Waals surface area contributed by atoms with Crippen LogP contribution >= 0.6 is 0 Å². The number of fused-ring (bicyclic) bond motifs is 3. The molecule has 631 valence electrons. The first kappa shape index (κ1) is 105. The minimum absolute atomic E-state index is 0. The average molecular weight is 2170 g/mol. The molecule has 3 radical (unpaired) electrons. The van der Waals surface area contributed by atoms with Crippen LogP contribution in [0.5, 0.6) is 0 Å². The monoisotopic (exact) mass is 2180 g/mol. The van der Waals surface area contributed by atoms with Gasteiger partial charge in [-0.3, -0.25) is 17.8 Å². The molecule has 0 bridgehead atoms. The molecule has 0 saturated heterocycles. The van der Waals surface area contributed by atoms with Gasteiger partial charge in [0.15, 0.2) is 5.69 Å². The topological polar surface area (TPSA) is 90.4 Å². The molecule has 0 fully saturated rings. The SMILES string of the molecule is [C-]#Cc1cc2ccccc2c2ccccc12.[C-]#Cc1ccccc1.[C-]#Cc1ccccc1.[C-]#[N+]C(C)(C)C.[C-]#[N+]C(C)(C)C.[C-]#[N+]c1ccccc1.[Ir].[Ir].[Ir].[c-]1ccccc1-c1ccccn1.[c-]1ccccc1-c1ccccn1.[c-]1ccccc1-c1ccccn1.[c-]1ccccc1-c1ccccn1.[c-]1ccccc1-c1ccccn1.[c-]1ccccc1-c1ccccn1. The number of nitrogens with zero attached hydrogens (tertiary/aromatic N) is 9. The molecule has 0 atom stereocenters. The minimum atomic E-state index is -0.167. The number of rotatable bonds is 6. The quantitative estimate of drug-likeness (QED) is 0.0936. The molecule has 6 heterocycles. The van der Waals surface area contributed by atoms with Gasteiger partial charge in [-0.25, -0.2) is 18.0 Å². The van der Waals surface area contributed by atoms with Gasteiger partial charge in [0, 0.05) is 139 Å². The van der Waals surface area contributed by atoms with Crippen LogP contribution < -0.4 is 0 Å². The molecule has 6 aromatic heterocycles. The third kappa shape index (κ3) is 42.2. The van der Waals surface area contributed by atoms with Crippen molar-refractivity contribution in [2.24, 2.45) is 0 Å².